The molecule has 0 unspecified atom stereocenters. The van der Waals surface area contributed by atoms with Gasteiger partial charge in [0.05, 0.1) is 17.4 Å². The molecule has 6 heteroatoms. The maximum absolute atomic E-state index is 9.06. The molecule has 0 saturated carbocycles. The van der Waals surface area contributed by atoms with Crippen molar-refractivity contribution in [3.05, 3.63) is 34.8 Å². The summed E-state index contributed by atoms with van der Waals surface area (Å²) in [4.78, 5) is 7.22. The number of imidazole rings is 1. The molecule has 96 valence electrons. The maximum atomic E-state index is 9.06. The third kappa shape index (κ3) is 2.05. The fraction of sp³-hybridized carbons (Fsp3) is 0.143. The Balaban J connectivity index is 2.58. The van der Waals surface area contributed by atoms with Gasteiger partial charge in [-0.15, -0.1) is 0 Å². The highest BCUT2D eigenvalue weighted by Gasteiger charge is 2.12. The number of anilines is 1. The van der Waals surface area contributed by atoms with Gasteiger partial charge in [0.1, 0.15) is 23.9 Å². The van der Waals surface area contributed by atoms with Crippen LogP contribution in [0, 0.1) is 47.8 Å². The van der Waals surface area contributed by atoms with E-state index in [4.69, 9.17) is 15.8 Å². The lowest BCUT2D eigenvalue weighted by Gasteiger charge is -2.11. The van der Waals surface area contributed by atoms with Gasteiger partial charge in [0, 0.05) is 5.69 Å². The molecule has 1 aromatic heterocycles. The van der Waals surface area contributed by atoms with Crippen LogP contribution < -0.4 is 5.32 Å². The second kappa shape index (κ2) is 5.14. The number of aromatic nitrogens is 2. The summed E-state index contributed by atoms with van der Waals surface area (Å²) in [5.41, 5.74) is 3.93. The molecular weight excluding hydrogens is 252 g/mol. The lowest BCUT2D eigenvalue weighted by molar-refractivity contribution is 1.31. The normalized spacial score (nSPS) is 9.35. The van der Waals surface area contributed by atoms with Crippen LogP contribution in [0.3, 0.4) is 0 Å². The van der Waals surface area contributed by atoms with Crippen molar-refractivity contribution in [2.24, 2.45) is 0 Å². The number of allylic oxidation sites excluding steroid dienone is 2. The predicted molar refractivity (Wildman–Crippen MR) is 73.1 cm³/mol. The highest BCUT2D eigenvalue weighted by atomic mass is 14.9. The van der Waals surface area contributed by atoms with E-state index in [9.17, 15) is 0 Å². The molecule has 2 aromatic rings. The maximum Gasteiger partial charge on any atom is 0.163 e. The molecule has 0 aliphatic carbocycles. The van der Waals surface area contributed by atoms with Crippen molar-refractivity contribution in [1.82, 2.24) is 9.97 Å². The van der Waals surface area contributed by atoms with Crippen LogP contribution >= 0.6 is 0 Å². The predicted octanol–water partition coefficient (Wildman–Crippen LogP) is 2.42. The van der Waals surface area contributed by atoms with Crippen molar-refractivity contribution in [2.75, 3.05) is 5.32 Å². The molecule has 1 aromatic carbocycles. The zero-order valence-corrected chi connectivity index (χ0v) is 10.9. The molecule has 0 amide bonds. The first kappa shape index (κ1) is 13.1. The Morgan fingerprint density at radius 3 is 2.45 bits per heavy atom. The molecule has 0 aliphatic rings. The van der Waals surface area contributed by atoms with E-state index in [1.165, 1.54) is 0 Å². The number of benzene rings is 1. The molecule has 0 saturated heterocycles. The summed E-state index contributed by atoms with van der Waals surface area (Å²) in [6.45, 7) is 3.81. The Kier molecular flexibility index (Phi) is 3.37. The zero-order chi connectivity index (χ0) is 14.7. The van der Waals surface area contributed by atoms with Gasteiger partial charge in [0.25, 0.3) is 0 Å². The van der Waals surface area contributed by atoms with Gasteiger partial charge < -0.3 is 10.3 Å². The number of nitrogens with zero attached hydrogens (tertiary/aromatic N) is 4. The van der Waals surface area contributed by atoms with Gasteiger partial charge in [-0.1, -0.05) is 0 Å². The fourth-order valence-corrected chi connectivity index (χ4v) is 1.89. The quantitative estimate of drug-likeness (QED) is 0.807. The van der Waals surface area contributed by atoms with Crippen LogP contribution in [0.2, 0.25) is 0 Å². The summed E-state index contributed by atoms with van der Waals surface area (Å²) in [7, 11) is 0. The molecule has 0 bridgehead atoms. The van der Waals surface area contributed by atoms with E-state index in [1.54, 1.807) is 24.5 Å². The average Bonchev–Trinajstić information content (AvgIpc) is 2.92. The first-order valence-electron chi connectivity index (χ1n) is 5.77. The van der Waals surface area contributed by atoms with Gasteiger partial charge in [0.2, 0.25) is 0 Å². The van der Waals surface area contributed by atoms with E-state index < -0.39 is 0 Å². The Morgan fingerprint density at radius 2 is 1.85 bits per heavy atom. The van der Waals surface area contributed by atoms with Crippen molar-refractivity contribution in [3.63, 3.8) is 0 Å². The van der Waals surface area contributed by atoms with Gasteiger partial charge >= 0.3 is 0 Å². The van der Waals surface area contributed by atoms with Crippen LogP contribution in [0.15, 0.2) is 23.7 Å². The minimum Gasteiger partial charge on any atom is -0.345 e. The Labute approximate surface area is 115 Å². The monoisotopic (exact) mass is 262 g/mol. The van der Waals surface area contributed by atoms with Crippen LogP contribution in [0.1, 0.15) is 11.1 Å². The highest BCUT2D eigenvalue weighted by molar-refractivity contribution is 5.85. The van der Waals surface area contributed by atoms with Gasteiger partial charge in [0.15, 0.2) is 5.57 Å². The van der Waals surface area contributed by atoms with Crippen LogP contribution in [-0.4, -0.2) is 9.97 Å². The van der Waals surface area contributed by atoms with Crippen LogP contribution in [0.25, 0.3) is 11.0 Å². The van der Waals surface area contributed by atoms with E-state index in [2.05, 4.69) is 15.3 Å². The Hall–Kier alpha value is -3.30. The first-order valence-corrected chi connectivity index (χ1v) is 5.77. The van der Waals surface area contributed by atoms with E-state index in [0.717, 1.165) is 22.2 Å². The minimum absolute atomic E-state index is 0.0589. The number of H-pyrrole nitrogens is 1. The Bertz CT molecular complexity index is 819. The standard InChI is InChI=1S/C14H10N6/c1-8-9(2)14-12(18-7-19-14)3-11(8)20-13(6-17)10(4-15)5-16/h3,7,20H,1-2H3,(H,18,19). The summed E-state index contributed by atoms with van der Waals surface area (Å²) in [5.74, 6) is 0. The van der Waals surface area contributed by atoms with E-state index >= 15 is 0 Å². The number of hydrogen-bond acceptors (Lipinski definition) is 5. The summed E-state index contributed by atoms with van der Waals surface area (Å²) < 4.78 is 0. The second-order valence-electron chi connectivity index (χ2n) is 4.18. The third-order valence-corrected chi connectivity index (χ3v) is 3.12. The van der Waals surface area contributed by atoms with E-state index in [0.29, 0.717) is 5.69 Å². The molecule has 0 radical (unpaired) electrons. The number of fused-ring (bicyclic) bond motifs is 1. The molecule has 6 nitrogen and oxygen atoms in total. The second-order valence-corrected chi connectivity index (χ2v) is 4.18. The molecule has 0 atom stereocenters. The zero-order valence-electron chi connectivity index (χ0n) is 10.9. The molecule has 2 rings (SSSR count). The molecule has 0 aliphatic heterocycles. The van der Waals surface area contributed by atoms with Crippen molar-refractivity contribution in [2.45, 2.75) is 13.8 Å². The number of aryl methyl sites for hydroxylation is 1. The summed E-state index contributed by atoms with van der Waals surface area (Å²) >= 11 is 0. The summed E-state index contributed by atoms with van der Waals surface area (Å²) in [5, 5.41) is 29.6. The van der Waals surface area contributed by atoms with Gasteiger partial charge in [-0.05, 0) is 31.0 Å². The topological polar surface area (TPSA) is 112 Å². The smallest absolute Gasteiger partial charge is 0.163 e. The highest BCUT2D eigenvalue weighted by Crippen LogP contribution is 2.27. The van der Waals surface area contributed by atoms with E-state index in [1.807, 2.05) is 19.9 Å². The molecule has 0 fully saturated rings. The molecular formula is C14H10N6. The number of nitrogens with one attached hydrogen (secondary N) is 2. The summed E-state index contributed by atoms with van der Waals surface area (Å²) in [6.07, 6.45) is 1.60. The number of aromatic amines is 1. The SMILES string of the molecule is Cc1c(NC(C#N)=C(C#N)C#N)cc2[nH]cnc2c1C. The van der Waals surface area contributed by atoms with Crippen LogP contribution in [-0.2, 0) is 0 Å². The van der Waals surface area contributed by atoms with Crippen LogP contribution in [0.5, 0.6) is 0 Å². The lowest BCUT2D eigenvalue weighted by atomic mass is 10.1. The van der Waals surface area contributed by atoms with Gasteiger partial charge in [-0.2, -0.15) is 15.8 Å². The largest absolute Gasteiger partial charge is 0.345 e. The third-order valence-electron chi connectivity index (χ3n) is 3.12. The molecule has 0 spiro atoms. The molecule has 1 heterocycles. The number of hydrogen-bond donors (Lipinski definition) is 2. The van der Waals surface area contributed by atoms with Crippen LogP contribution in [0.4, 0.5) is 5.69 Å². The minimum atomic E-state index is -0.241. The fourth-order valence-electron chi connectivity index (χ4n) is 1.89. The first-order chi connectivity index (χ1) is 9.62. The molecule has 20 heavy (non-hydrogen) atoms. The summed E-state index contributed by atoms with van der Waals surface area (Å²) in [6, 6.07) is 7.04. The van der Waals surface area contributed by atoms with E-state index in [-0.39, 0.29) is 11.3 Å². The van der Waals surface area contributed by atoms with Crippen molar-refractivity contribution in [3.8, 4) is 18.2 Å². The van der Waals surface area contributed by atoms with Gasteiger partial charge in [-0.3, -0.25) is 0 Å². The van der Waals surface area contributed by atoms with Gasteiger partial charge in [-0.25, -0.2) is 4.98 Å². The van der Waals surface area contributed by atoms with Crippen molar-refractivity contribution >= 4 is 16.7 Å². The average molecular weight is 262 g/mol. The number of nitriles is 3. The Morgan fingerprint density at radius 1 is 1.15 bits per heavy atom. The molecule has 2 N–H and O–H groups in total. The van der Waals surface area contributed by atoms with Crippen molar-refractivity contribution in [1.29, 1.82) is 15.8 Å². The number of rotatable bonds is 2. The van der Waals surface area contributed by atoms with Crippen molar-refractivity contribution < 1.29 is 0 Å². The lowest BCUT2D eigenvalue weighted by Crippen LogP contribution is -2.03.